The Morgan fingerprint density at radius 2 is 2.09 bits per heavy atom. The number of likely N-dealkylation sites (tertiary alicyclic amines) is 1. The molecule has 8 heteroatoms. The topological polar surface area (TPSA) is 71.5 Å². The fourth-order valence-electron chi connectivity index (χ4n) is 5.32. The van der Waals surface area contributed by atoms with E-state index in [1.54, 1.807) is 12.1 Å². The van der Waals surface area contributed by atoms with Crippen LogP contribution in [0.2, 0.25) is 0 Å². The number of aryl methyl sites for hydroxylation is 1. The number of halogens is 1. The van der Waals surface area contributed by atoms with Gasteiger partial charge in [0.15, 0.2) is 0 Å². The van der Waals surface area contributed by atoms with Crippen molar-refractivity contribution < 1.29 is 18.7 Å². The van der Waals surface area contributed by atoms with Gasteiger partial charge in [-0.2, -0.15) is 0 Å². The first-order chi connectivity index (χ1) is 16.5. The average Bonchev–Trinajstić information content (AvgIpc) is 3.18. The standard InChI is InChI=1S/C26H24FN3O3S/c1-14-29-23(24(34-14)15-4-2-5-17(27)10-15)26(32)30-18(11-16-12-21(16)30)13-28-25(31)20-6-3-7-22-19(20)8-9-33-22/h2-7,10,16,18,21H,8-9,11-13H2,1H3,(H,28,31)/t16-,18+,21+/m1/s1. The molecule has 1 saturated heterocycles. The molecule has 34 heavy (non-hydrogen) atoms. The molecule has 0 unspecified atom stereocenters. The molecule has 6 nitrogen and oxygen atoms in total. The molecule has 174 valence electrons. The van der Waals surface area contributed by atoms with Crippen molar-refractivity contribution in [1.29, 1.82) is 0 Å². The van der Waals surface area contributed by atoms with Gasteiger partial charge in [-0.15, -0.1) is 11.3 Å². The number of hydrogen-bond acceptors (Lipinski definition) is 5. The number of carbonyl (C=O) groups is 2. The van der Waals surface area contributed by atoms with Gasteiger partial charge in [0.25, 0.3) is 11.8 Å². The molecular weight excluding hydrogens is 453 g/mol. The van der Waals surface area contributed by atoms with Crippen LogP contribution in [0.3, 0.4) is 0 Å². The van der Waals surface area contributed by atoms with Gasteiger partial charge in [0, 0.05) is 30.1 Å². The molecule has 3 heterocycles. The van der Waals surface area contributed by atoms with Crippen molar-refractivity contribution >= 4 is 23.2 Å². The number of fused-ring (bicyclic) bond motifs is 2. The highest BCUT2D eigenvalue weighted by atomic mass is 32.1. The van der Waals surface area contributed by atoms with Crippen molar-refractivity contribution in [2.75, 3.05) is 13.2 Å². The fourth-order valence-corrected chi connectivity index (χ4v) is 6.22. The lowest BCUT2D eigenvalue weighted by atomic mass is 10.0. The number of thiazole rings is 1. The molecule has 2 aliphatic heterocycles. The number of nitrogens with zero attached hydrogens (tertiary/aromatic N) is 2. The first-order valence-electron chi connectivity index (χ1n) is 11.6. The SMILES string of the molecule is Cc1nc(C(=O)N2[C@H](CNC(=O)c3cccc4c3CCO4)C[C@@H]3C[C@@H]32)c(-c2cccc(F)c2)s1. The Balaban J connectivity index is 1.22. The molecule has 0 bridgehead atoms. The number of hydrogen-bond donors (Lipinski definition) is 1. The summed E-state index contributed by atoms with van der Waals surface area (Å²) in [5, 5.41) is 3.81. The van der Waals surface area contributed by atoms with Crippen molar-refractivity contribution in [3.8, 4) is 16.2 Å². The highest BCUT2D eigenvalue weighted by Gasteiger charge is 2.54. The number of benzene rings is 2. The van der Waals surface area contributed by atoms with E-state index in [0.29, 0.717) is 40.8 Å². The van der Waals surface area contributed by atoms with Gasteiger partial charge in [0.1, 0.15) is 17.3 Å². The monoisotopic (exact) mass is 477 g/mol. The average molecular weight is 478 g/mol. The third-order valence-corrected chi connectivity index (χ3v) is 7.97. The Morgan fingerprint density at radius 3 is 2.94 bits per heavy atom. The van der Waals surface area contributed by atoms with Gasteiger partial charge in [-0.3, -0.25) is 9.59 Å². The Kier molecular flexibility index (Phi) is 5.13. The van der Waals surface area contributed by atoms with Gasteiger partial charge in [-0.05, 0) is 55.5 Å². The predicted molar refractivity (Wildman–Crippen MR) is 127 cm³/mol. The van der Waals surface area contributed by atoms with Gasteiger partial charge in [-0.25, -0.2) is 9.37 Å². The summed E-state index contributed by atoms with van der Waals surface area (Å²) >= 11 is 1.40. The summed E-state index contributed by atoms with van der Waals surface area (Å²) < 4.78 is 19.4. The lowest BCUT2D eigenvalue weighted by molar-refractivity contribution is 0.0684. The number of rotatable bonds is 5. The maximum atomic E-state index is 13.9. The highest BCUT2D eigenvalue weighted by molar-refractivity contribution is 7.15. The molecule has 3 aromatic rings. The summed E-state index contributed by atoms with van der Waals surface area (Å²) in [7, 11) is 0. The van der Waals surface area contributed by atoms with Gasteiger partial charge >= 0.3 is 0 Å². The summed E-state index contributed by atoms with van der Waals surface area (Å²) in [5.74, 6) is 0.624. The fraction of sp³-hybridized carbons (Fsp3) is 0.346. The van der Waals surface area contributed by atoms with Crippen LogP contribution in [0.15, 0.2) is 42.5 Å². The van der Waals surface area contributed by atoms with E-state index in [-0.39, 0.29) is 29.7 Å². The van der Waals surface area contributed by atoms with Crippen LogP contribution in [0.1, 0.15) is 44.3 Å². The van der Waals surface area contributed by atoms with Crippen LogP contribution in [-0.4, -0.2) is 46.9 Å². The number of piperidine rings is 1. The van der Waals surface area contributed by atoms with Crippen LogP contribution >= 0.6 is 11.3 Å². The van der Waals surface area contributed by atoms with Crippen molar-refractivity contribution in [2.24, 2.45) is 5.92 Å². The molecule has 1 aromatic heterocycles. The number of amides is 2. The quantitative estimate of drug-likeness (QED) is 0.597. The van der Waals surface area contributed by atoms with E-state index in [4.69, 9.17) is 4.74 Å². The van der Waals surface area contributed by atoms with E-state index in [1.165, 1.54) is 23.5 Å². The predicted octanol–water partition coefficient (Wildman–Crippen LogP) is 4.23. The zero-order valence-corrected chi connectivity index (χ0v) is 19.5. The third-order valence-electron chi connectivity index (χ3n) is 6.95. The Hall–Kier alpha value is -3.26. The van der Waals surface area contributed by atoms with Crippen LogP contribution in [0, 0.1) is 18.7 Å². The van der Waals surface area contributed by atoms with Gasteiger partial charge in [0.2, 0.25) is 0 Å². The summed E-state index contributed by atoms with van der Waals surface area (Å²) in [6, 6.07) is 11.9. The molecule has 6 rings (SSSR count). The van der Waals surface area contributed by atoms with Crippen LogP contribution in [0.4, 0.5) is 4.39 Å². The lowest BCUT2D eigenvalue weighted by Crippen LogP contribution is -2.45. The maximum absolute atomic E-state index is 13.9. The molecule has 0 spiro atoms. The summed E-state index contributed by atoms with van der Waals surface area (Å²) in [6.07, 6.45) is 2.58. The number of nitrogens with one attached hydrogen (secondary N) is 1. The van der Waals surface area contributed by atoms with E-state index in [2.05, 4.69) is 10.3 Å². The van der Waals surface area contributed by atoms with Crippen LogP contribution in [0.25, 0.3) is 10.4 Å². The normalized spacial score (nSPS) is 22.2. The molecule has 1 aliphatic carbocycles. The Labute approximate surface area is 200 Å². The second kappa shape index (κ2) is 8.20. The van der Waals surface area contributed by atoms with Crippen molar-refractivity contribution in [3.05, 3.63) is 70.1 Å². The van der Waals surface area contributed by atoms with Crippen molar-refractivity contribution in [2.45, 2.75) is 38.3 Å². The number of ether oxygens (including phenoxy) is 1. The molecule has 3 atom stereocenters. The van der Waals surface area contributed by atoms with E-state index in [0.717, 1.165) is 35.6 Å². The molecule has 0 radical (unpaired) electrons. The first-order valence-corrected chi connectivity index (χ1v) is 12.4. The zero-order valence-electron chi connectivity index (χ0n) is 18.7. The Bertz CT molecular complexity index is 1310. The smallest absolute Gasteiger partial charge is 0.274 e. The zero-order chi connectivity index (χ0) is 23.4. The molecular formula is C26H24FN3O3S. The van der Waals surface area contributed by atoms with Crippen LogP contribution < -0.4 is 10.1 Å². The number of carbonyl (C=O) groups excluding carboxylic acids is 2. The highest BCUT2D eigenvalue weighted by Crippen LogP contribution is 2.49. The van der Waals surface area contributed by atoms with Crippen molar-refractivity contribution in [1.82, 2.24) is 15.2 Å². The van der Waals surface area contributed by atoms with Gasteiger partial charge in [0.05, 0.1) is 22.5 Å². The summed E-state index contributed by atoms with van der Waals surface area (Å²) in [5.41, 5.74) is 2.61. The van der Waals surface area contributed by atoms with E-state index >= 15 is 0 Å². The van der Waals surface area contributed by atoms with Crippen LogP contribution in [-0.2, 0) is 6.42 Å². The van der Waals surface area contributed by atoms with E-state index in [1.807, 2.05) is 30.0 Å². The molecule has 3 aliphatic rings. The second-order valence-electron chi connectivity index (χ2n) is 9.18. The third kappa shape index (κ3) is 3.66. The van der Waals surface area contributed by atoms with Gasteiger partial charge < -0.3 is 15.0 Å². The van der Waals surface area contributed by atoms with E-state index in [9.17, 15) is 14.0 Å². The summed E-state index contributed by atoms with van der Waals surface area (Å²) in [6.45, 7) is 2.84. The minimum atomic E-state index is -0.344. The molecule has 2 fully saturated rings. The minimum Gasteiger partial charge on any atom is -0.493 e. The Morgan fingerprint density at radius 1 is 1.24 bits per heavy atom. The van der Waals surface area contributed by atoms with Crippen LogP contribution in [0.5, 0.6) is 5.75 Å². The lowest BCUT2D eigenvalue weighted by Gasteiger charge is -2.27. The van der Waals surface area contributed by atoms with Gasteiger partial charge in [-0.1, -0.05) is 18.2 Å². The molecule has 1 N–H and O–H groups in total. The van der Waals surface area contributed by atoms with Crippen molar-refractivity contribution in [3.63, 3.8) is 0 Å². The number of aromatic nitrogens is 1. The summed E-state index contributed by atoms with van der Waals surface area (Å²) in [4.78, 5) is 33.8. The molecule has 2 amide bonds. The minimum absolute atomic E-state index is 0.0874. The molecule has 1 saturated carbocycles. The maximum Gasteiger partial charge on any atom is 0.274 e. The largest absolute Gasteiger partial charge is 0.493 e. The molecule has 2 aromatic carbocycles. The second-order valence-corrected chi connectivity index (χ2v) is 10.4. The first kappa shape index (κ1) is 21.3. The van der Waals surface area contributed by atoms with E-state index < -0.39 is 0 Å².